The zero-order valence-electron chi connectivity index (χ0n) is 6.52. The molecule has 0 aromatic carbocycles. The van der Waals surface area contributed by atoms with Crippen molar-refractivity contribution in [2.24, 2.45) is 4.99 Å². The molecule has 0 amide bonds. The van der Waals surface area contributed by atoms with Gasteiger partial charge in [-0.1, -0.05) is 19.9 Å². The number of rotatable bonds is 0. The summed E-state index contributed by atoms with van der Waals surface area (Å²) in [6.45, 7) is 6.02. The van der Waals surface area contributed by atoms with Crippen LogP contribution in [-0.4, -0.2) is 6.21 Å². The van der Waals surface area contributed by atoms with Gasteiger partial charge in [0.15, 0.2) is 0 Å². The minimum Gasteiger partial charge on any atom is -0.266 e. The monoisotopic (exact) mass is 125 g/mol. The fourth-order valence-corrected chi connectivity index (χ4v) is 0.628. The molecule has 0 atom stereocenters. The Balaban J connectivity index is 0.000000291. The molecule has 0 radical (unpaired) electrons. The largest absolute Gasteiger partial charge is 0.266 e. The first-order valence-electron chi connectivity index (χ1n) is 3.59. The normalized spacial score (nSPS) is 15.7. The predicted molar refractivity (Wildman–Crippen MR) is 42.8 cm³/mol. The molecule has 0 fully saturated rings. The molecular formula is C8H15N. The fraction of sp³-hybridized carbons (Fsp3) is 0.625. The zero-order valence-corrected chi connectivity index (χ0v) is 6.52. The summed E-state index contributed by atoms with van der Waals surface area (Å²) in [4.78, 5) is 4.07. The fourth-order valence-electron chi connectivity index (χ4n) is 0.628. The Labute approximate surface area is 57.5 Å². The predicted octanol–water partition coefficient (Wildman–Crippen LogP) is 2.78. The van der Waals surface area contributed by atoms with E-state index >= 15 is 0 Å². The second kappa shape index (κ2) is 5.54. The van der Waals surface area contributed by atoms with Gasteiger partial charge in [0, 0.05) is 11.9 Å². The molecule has 0 bridgehead atoms. The maximum atomic E-state index is 4.07. The summed E-state index contributed by atoms with van der Waals surface area (Å²) in [5.74, 6) is 0. The minimum atomic E-state index is 1.12. The van der Waals surface area contributed by atoms with E-state index in [9.17, 15) is 0 Å². The van der Waals surface area contributed by atoms with E-state index < -0.39 is 0 Å². The van der Waals surface area contributed by atoms with E-state index in [4.69, 9.17) is 0 Å². The Hall–Kier alpha value is -0.590. The molecule has 0 saturated heterocycles. The average Bonchev–Trinajstić information content (AvgIpc) is 1.94. The highest BCUT2D eigenvalue weighted by Crippen LogP contribution is 2.03. The lowest BCUT2D eigenvalue weighted by Crippen LogP contribution is -1.82. The number of hydrogen-bond donors (Lipinski definition) is 0. The van der Waals surface area contributed by atoms with Crippen LogP contribution in [0.4, 0.5) is 0 Å². The first-order valence-corrected chi connectivity index (χ1v) is 3.59. The van der Waals surface area contributed by atoms with Crippen molar-refractivity contribution in [1.29, 1.82) is 0 Å². The summed E-state index contributed by atoms with van der Waals surface area (Å²) in [6, 6.07) is 0. The molecule has 1 heterocycles. The Kier molecular flexibility index (Phi) is 5.18. The van der Waals surface area contributed by atoms with Gasteiger partial charge < -0.3 is 0 Å². The van der Waals surface area contributed by atoms with Crippen molar-refractivity contribution in [3.63, 3.8) is 0 Å². The molecule has 0 N–H and O–H groups in total. The van der Waals surface area contributed by atoms with E-state index in [0.717, 1.165) is 12.1 Å². The first kappa shape index (κ1) is 8.41. The maximum Gasteiger partial charge on any atom is 0.0329 e. The van der Waals surface area contributed by atoms with Gasteiger partial charge in [-0.25, -0.2) is 0 Å². The van der Waals surface area contributed by atoms with E-state index in [1.54, 1.807) is 0 Å². The number of nitrogens with zero attached hydrogens (tertiary/aromatic N) is 1. The summed E-state index contributed by atoms with van der Waals surface area (Å²) >= 11 is 0. The molecule has 0 saturated carbocycles. The molecular weight excluding hydrogens is 110 g/mol. The Morgan fingerprint density at radius 2 is 2.00 bits per heavy atom. The van der Waals surface area contributed by atoms with Gasteiger partial charge in [0.1, 0.15) is 0 Å². The highest BCUT2D eigenvalue weighted by Gasteiger charge is 1.87. The summed E-state index contributed by atoms with van der Waals surface area (Å²) < 4.78 is 0. The Morgan fingerprint density at radius 1 is 1.33 bits per heavy atom. The lowest BCUT2D eigenvalue weighted by atomic mass is 10.2. The summed E-state index contributed by atoms with van der Waals surface area (Å²) in [5, 5.41) is 0. The minimum absolute atomic E-state index is 1.12. The van der Waals surface area contributed by atoms with Crippen LogP contribution in [0.3, 0.4) is 0 Å². The third kappa shape index (κ3) is 3.95. The maximum absolute atomic E-state index is 4.07. The lowest BCUT2D eigenvalue weighted by molar-refractivity contribution is 1.04. The molecule has 9 heavy (non-hydrogen) atoms. The second-order valence-electron chi connectivity index (χ2n) is 1.73. The van der Waals surface area contributed by atoms with Gasteiger partial charge in [0.25, 0.3) is 0 Å². The highest BCUT2D eigenvalue weighted by molar-refractivity contribution is 5.60. The van der Waals surface area contributed by atoms with Crippen LogP contribution in [0.5, 0.6) is 0 Å². The van der Waals surface area contributed by atoms with Crippen LogP contribution in [0.15, 0.2) is 16.8 Å². The van der Waals surface area contributed by atoms with Crippen LogP contribution >= 0.6 is 0 Å². The first-order chi connectivity index (χ1) is 4.39. The van der Waals surface area contributed by atoms with E-state index in [1.165, 1.54) is 6.42 Å². The van der Waals surface area contributed by atoms with Gasteiger partial charge in [-0.15, -0.1) is 0 Å². The second-order valence-corrected chi connectivity index (χ2v) is 1.73. The third-order valence-electron chi connectivity index (χ3n) is 1.03. The summed E-state index contributed by atoms with van der Waals surface area (Å²) in [7, 11) is 0. The summed E-state index contributed by atoms with van der Waals surface area (Å²) in [5.41, 5.74) is 1.16. The summed E-state index contributed by atoms with van der Waals surface area (Å²) in [6.07, 6.45) is 6.42. The van der Waals surface area contributed by atoms with Gasteiger partial charge in [-0.2, -0.15) is 0 Å². The van der Waals surface area contributed by atoms with Crippen LogP contribution in [0.25, 0.3) is 0 Å². The van der Waals surface area contributed by atoms with Crippen molar-refractivity contribution < 1.29 is 0 Å². The van der Waals surface area contributed by atoms with Crippen LogP contribution < -0.4 is 0 Å². The van der Waals surface area contributed by atoms with Gasteiger partial charge in [0.05, 0.1) is 0 Å². The van der Waals surface area contributed by atoms with Gasteiger partial charge in [-0.3, -0.25) is 4.99 Å². The zero-order chi connectivity index (χ0) is 7.11. The topological polar surface area (TPSA) is 12.4 Å². The van der Waals surface area contributed by atoms with E-state index in [1.807, 2.05) is 27.0 Å². The van der Waals surface area contributed by atoms with Crippen molar-refractivity contribution in [1.82, 2.24) is 0 Å². The molecule has 1 heteroatoms. The number of allylic oxidation sites excluding steroid dienone is 2. The number of hydrogen-bond acceptors (Lipinski definition) is 1. The molecule has 1 nitrogen and oxygen atoms in total. The van der Waals surface area contributed by atoms with Crippen molar-refractivity contribution in [2.75, 3.05) is 0 Å². The molecule has 0 spiro atoms. The smallest absolute Gasteiger partial charge is 0.0329 e. The van der Waals surface area contributed by atoms with E-state index in [2.05, 4.69) is 11.1 Å². The van der Waals surface area contributed by atoms with Crippen molar-refractivity contribution >= 4 is 6.21 Å². The van der Waals surface area contributed by atoms with Crippen LogP contribution in [0.1, 0.15) is 33.6 Å². The standard InChI is InChI=1S/C6H9N.C2H6/c1-6-4-2-3-5-7-6;1-2/h4-5H,2-3H2,1H3;1-2H3. The SMILES string of the molecule is CC.CC1=CCCC=N1. The lowest BCUT2D eigenvalue weighted by Gasteiger charge is -1.96. The number of aliphatic imine (C=N–C) groups is 1. The van der Waals surface area contributed by atoms with Crippen LogP contribution in [0, 0.1) is 0 Å². The Morgan fingerprint density at radius 3 is 2.22 bits per heavy atom. The van der Waals surface area contributed by atoms with Gasteiger partial charge >= 0.3 is 0 Å². The van der Waals surface area contributed by atoms with Crippen LogP contribution in [0.2, 0.25) is 0 Å². The molecule has 1 aliphatic heterocycles. The van der Waals surface area contributed by atoms with Crippen molar-refractivity contribution in [2.45, 2.75) is 33.6 Å². The third-order valence-corrected chi connectivity index (χ3v) is 1.03. The average molecular weight is 125 g/mol. The molecule has 1 aliphatic rings. The molecule has 0 aromatic rings. The molecule has 1 rings (SSSR count). The van der Waals surface area contributed by atoms with E-state index in [0.29, 0.717) is 0 Å². The molecule has 0 aromatic heterocycles. The van der Waals surface area contributed by atoms with Gasteiger partial charge in [0.2, 0.25) is 0 Å². The molecule has 0 unspecified atom stereocenters. The molecule has 52 valence electrons. The van der Waals surface area contributed by atoms with E-state index in [-0.39, 0.29) is 0 Å². The van der Waals surface area contributed by atoms with Crippen LogP contribution in [-0.2, 0) is 0 Å². The Bertz CT molecular complexity index is 112. The quantitative estimate of drug-likeness (QED) is 0.472. The van der Waals surface area contributed by atoms with Crippen molar-refractivity contribution in [3.05, 3.63) is 11.8 Å². The highest BCUT2D eigenvalue weighted by atomic mass is 14.7. The van der Waals surface area contributed by atoms with Crippen molar-refractivity contribution in [3.8, 4) is 0 Å². The van der Waals surface area contributed by atoms with Gasteiger partial charge in [-0.05, 0) is 19.8 Å². The molecule has 0 aliphatic carbocycles.